The molecule has 4 aliphatic rings. The number of halogens is 4. The van der Waals surface area contributed by atoms with E-state index < -0.39 is 21.8 Å². The van der Waals surface area contributed by atoms with Gasteiger partial charge in [-0.25, -0.2) is 4.39 Å². The molecule has 5 nitrogen and oxygen atoms in total. The predicted octanol–water partition coefficient (Wildman–Crippen LogP) is 10.9. The fraction of sp³-hybridized carbons (Fsp3) is 0.405. The van der Waals surface area contributed by atoms with Crippen LogP contribution >= 0.6 is 0 Å². The highest BCUT2D eigenvalue weighted by Gasteiger charge is 2.55. The van der Waals surface area contributed by atoms with Gasteiger partial charge in [0, 0.05) is 6.42 Å². The molecule has 0 aliphatic heterocycles. The maximum Gasteiger partial charge on any atom is 0.534 e. The minimum atomic E-state index is -5.56. The number of aryl methyl sites for hydroxylation is 1. The van der Waals surface area contributed by atoms with Crippen LogP contribution in [0.25, 0.3) is 0 Å². The van der Waals surface area contributed by atoms with Crippen molar-refractivity contribution in [3.8, 4) is 5.75 Å². The third kappa shape index (κ3) is 10.9. The number of hydrogen-bond donors (Lipinski definition) is 0. The van der Waals surface area contributed by atoms with Gasteiger partial charge in [0.05, 0.1) is 22.9 Å². The minimum Gasteiger partial charge on any atom is -0.465 e. The van der Waals surface area contributed by atoms with Gasteiger partial charge in [0.2, 0.25) is 0 Å². The highest BCUT2D eigenvalue weighted by Crippen LogP contribution is 2.60. The molecule has 4 fully saturated rings. The smallest absolute Gasteiger partial charge is 0.465 e. The summed E-state index contributed by atoms with van der Waals surface area (Å²) >= 11 is 0. The molecule has 8 rings (SSSR count). The van der Waals surface area contributed by atoms with Crippen LogP contribution in [0, 0.1) is 30.1 Å². The van der Waals surface area contributed by atoms with Crippen LogP contribution in [0.5, 0.6) is 5.75 Å². The molecule has 1 unspecified atom stereocenters. The molecule has 4 bridgehead atoms. The van der Waals surface area contributed by atoms with E-state index in [0.29, 0.717) is 12.8 Å². The SMILES string of the molecule is CCC(F)CCOC(=O)C12CC3CC(CC(C3)C1)C2.Cc1ccc(OS(=O)(=O)C(F)(F)F)cc1.c1ccc([S+](c2ccccc2)c2ccccc2)cc1. The number of carbonyl (C=O) groups is 1. The second-order valence-corrected chi connectivity index (χ2v) is 17.7. The fourth-order valence-electron chi connectivity index (χ4n) is 7.84. The zero-order chi connectivity index (χ0) is 38.1. The summed E-state index contributed by atoms with van der Waals surface area (Å²) < 4.78 is 79.2. The average Bonchev–Trinajstić information content (AvgIpc) is 3.13. The van der Waals surface area contributed by atoms with Crippen LogP contribution in [-0.4, -0.2) is 32.7 Å². The first kappa shape index (κ1) is 40.4. The van der Waals surface area contributed by atoms with Crippen LogP contribution in [-0.2, 0) is 30.5 Å². The molecular weight excluding hydrogens is 725 g/mol. The zero-order valence-electron chi connectivity index (χ0n) is 30.0. The van der Waals surface area contributed by atoms with Gasteiger partial charge in [-0.15, -0.1) is 0 Å². The van der Waals surface area contributed by atoms with Gasteiger partial charge in [0.1, 0.15) is 11.9 Å². The first-order valence-corrected chi connectivity index (χ1v) is 20.7. The van der Waals surface area contributed by atoms with Crippen LogP contribution in [0.4, 0.5) is 17.6 Å². The van der Waals surface area contributed by atoms with E-state index >= 15 is 0 Å². The van der Waals surface area contributed by atoms with E-state index in [-0.39, 0.29) is 34.6 Å². The van der Waals surface area contributed by atoms with Gasteiger partial charge < -0.3 is 8.92 Å². The van der Waals surface area contributed by atoms with E-state index in [2.05, 4.69) is 95.2 Å². The molecule has 1 atom stereocenters. The Hall–Kier alpha value is -3.83. The Morgan fingerprint density at radius 3 is 1.55 bits per heavy atom. The molecule has 0 amide bonds. The van der Waals surface area contributed by atoms with Crippen LogP contribution in [0.3, 0.4) is 0 Å². The first-order chi connectivity index (χ1) is 25.3. The molecule has 4 aromatic carbocycles. The summed E-state index contributed by atoms with van der Waals surface area (Å²) in [4.78, 5) is 16.5. The maximum absolute atomic E-state index is 13.2. The van der Waals surface area contributed by atoms with Gasteiger partial charge >= 0.3 is 21.6 Å². The van der Waals surface area contributed by atoms with E-state index in [9.17, 15) is 30.8 Å². The van der Waals surface area contributed by atoms with Crippen molar-refractivity contribution in [2.75, 3.05) is 6.61 Å². The highest BCUT2D eigenvalue weighted by atomic mass is 32.2. The van der Waals surface area contributed by atoms with Crippen molar-refractivity contribution in [2.24, 2.45) is 23.2 Å². The van der Waals surface area contributed by atoms with Crippen molar-refractivity contribution < 1.29 is 39.7 Å². The molecule has 4 aromatic rings. The van der Waals surface area contributed by atoms with Crippen molar-refractivity contribution in [3.63, 3.8) is 0 Å². The molecule has 0 heterocycles. The lowest BCUT2D eigenvalue weighted by Crippen LogP contribution is -2.50. The Balaban J connectivity index is 0.000000155. The van der Waals surface area contributed by atoms with E-state index in [1.807, 2.05) is 6.92 Å². The summed E-state index contributed by atoms with van der Waals surface area (Å²) in [5.74, 6) is 1.88. The molecule has 4 saturated carbocycles. The molecule has 11 heteroatoms. The quantitative estimate of drug-likeness (QED) is 0.0528. The van der Waals surface area contributed by atoms with Gasteiger partial charge in [-0.2, -0.15) is 21.6 Å². The third-order valence-corrected chi connectivity index (χ3v) is 13.2. The number of alkyl halides is 4. The molecule has 0 spiro atoms. The molecular formula is C42H47F4O5S2+. The van der Waals surface area contributed by atoms with Gasteiger partial charge in [0.15, 0.2) is 14.7 Å². The topological polar surface area (TPSA) is 69.7 Å². The van der Waals surface area contributed by atoms with E-state index in [1.54, 1.807) is 6.92 Å². The average molecular weight is 772 g/mol. The van der Waals surface area contributed by atoms with Crippen molar-refractivity contribution >= 4 is 27.0 Å². The van der Waals surface area contributed by atoms with Crippen LogP contribution in [0.2, 0.25) is 0 Å². The summed E-state index contributed by atoms with van der Waals surface area (Å²) in [7, 11) is -5.58. The second kappa shape index (κ2) is 18.0. The van der Waals surface area contributed by atoms with Crippen LogP contribution < -0.4 is 4.18 Å². The fourth-order valence-corrected chi connectivity index (χ4v) is 10.4. The molecule has 0 N–H and O–H groups in total. The van der Waals surface area contributed by atoms with E-state index in [4.69, 9.17) is 4.74 Å². The first-order valence-electron chi connectivity index (χ1n) is 18.1. The standard InChI is InChI=1S/C18H15S.C16H25FO2.C8H7F3O3S/c1-4-10-16(11-5-1)19(17-12-6-2-7-13-17)18-14-8-3-9-15-18;1-2-14(17)3-4-19-15(18)16-8-11-5-12(9-16)7-13(6-11)10-16;1-6-2-4-7(5-3-6)14-15(12,13)8(9,10)11/h1-15H;11-14H,2-10H2,1H3;2-5H,1H3/q+1;;. The summed E-state index contributed by atoms with van der Waals surface area (Å²) in [6, 6.07) is 37.3. The lowest BCUT2D eigenvalue weighted by atomic mass is 9.49. The number of hydrogen-bond acceptors (Lipinski definition) is 5. The molecule has 0 radical (unpaired) electrons. The number of esters is 1. The van der Waals surface area contributed by atoms with Crippen molar-refractivity contribution in [3.05, 3.63) is 121 Å². The Labute approximate surface area is 313 Å². The lowest BCUT2D eigenvalue weighted by Gasteiger charge is -2.55. The summed E-state index contributed by atoms with van der Waals surface area (Å²) in [6.07, 6.45) is 7.12. The number of rotatable bonds is 10. The Bertz CT molecular complexity index is 1710. The summed E-state index contributed by atoms with van der Waals surface area (Å²) in [5.41, 5.74) is -4.81. The normalized spacial score (nSPS) is 22.1. The Morgan fingerprint density at radius 1 is 0.755 bits per heavy atom. The predicted molar refractivity (Wildman–Crippen MR) is 200 cm³/mol. The van der Waals surface area contributed by atoms with Gasteiger partial charge in [-0.3, -0.25) is 4.79 Å². The summed E-state index contributed by atoms with van der Waals surface area (Å²) in [6.45, 7) is 3.79. The van der Waals surface area contributed by atoms with Crippen molar-refractivity contribution in [2.45, 2.75) is 91.6 Å². The number of ether oxygens (including phenoxy) is 1. The molecule has 4 aliphatic carbocycles. The van der Waals surface area contributed by atoms with Gasteiger partial charge in [-0.05, 0) is 118 Å². The monoisotopic (exact) mass is 771 g/mol. The third-order valence-electron chi connectivity index (χ3n) is 10.0. The molecule has 53 heavy (non-hydrogen) atoms. The van der Waals surface area contributed by atoms with Gasteiger partial charge in [0.25, 0.3) is 0 Å². The van der Waals surface area contributed by atoms with Crippen LogP contribution in [0.15, 0.2) is 130 Å². The Kier molecular flexibility index (Phi) is 13.7. The maximum atomic E-state index is 13.2. The molecule has 0 aromatic heterocycles. The number of carbonyl (C=O) groups excluding carboxylic acids is 1. The van der Waals surface area contributed by atoms with Crippen molar-refractivity contribution in [1.29, 1.82) is 0 Å². The highest BCUT2D eigenvalue weighted by molar-refractivity contribution is 7.97. The molecule has 284 valence electrons. The van der Waals surface area contributed by atoms with E-state index in [1.165, 1.54) is 46.1 Å². The molecule has 0 saturated heterocycles. The van der Waals surface area contributed by atoms with Crippen molar-refractivity contribution in [1.82, 2.24) is 0 Å². The van der Waals surface area contributed by atoms with Gasteiger partial charge in [-0.1, -0.05) is 79.2 Å². The minimum absolute atomic E-state index is 0.0146. The largest absolute Gasteiger partial charge is 0.534 e. The van der Waals surface area contributed by atoms with E-state index in [0.717, 1.165) is 54.7 Å². The lowest BCUT2D eigenvalue weighted by molar-refractivity contribution is -0.172. The second-order valence-electron chi connectivity index (χ2n) is 14.2. The number of benzene rings is 4. The Morgan fingerprint density at radius 2 is 1.17 bits per heavy atom. The summed E-state index contributed by atoms with van der Waals surface area (Å²) in [5, 5.41) is 0. The van der Waals surface area contributed by atoms with Crippen LogP contribution in [0.1, 0.15) is 63.9 Å². The zero-order valence-corrected chi connectivity index (χ0v) is 31.6.